The first-order valence-corrected chi connectivity index (χ1v) is 6.08. The summed E-state index contributed by atoms with van der Waals surface area (Å²) >= 11 is 0. The average molecular weight is 377 g/mol. The maximum Gasteiger partial charge on any atom is 0.189 e. The van der Waals surface area contributed by atoms with Crippen LogP contribution in [0.2, 0.25) is 0 Å². The highest BCUT2D eigenvalue weighted by Gasteiger charge is 2.20. The van der Waals surface area contributed by atoms with E-state index in [4.69, 9.17) is 15.2 Å². The van der Waals surface area contributed by atoms with E-state index in [1.165, 1.54) is 0 Å². The molecule has 0 bridgehead atoms. The van der Waals surface area contributed by atoms with E-state index < -0.39 is 0 Å². The summed E-state index contributed by atoms with van der Waals surface area (Å²) in [6.07, 6.45) is 0.886. The number of nitrogens with zero attached hydrogens (tertiary/aromatic N) is 1. The largest absolute Gasteiger partial charge is 0.493 e. The van der Waals surface area contributed by atoms with Crippen LogP contribution in [0, 0.1) is 0 Å². The van der Waals surface area contributed by atoms with Crippen LogP contribution in [0.4, 0.5) is 0 Å². The Hall–Kier alpha value is -1.02. The Labute approximate surface area is 130 Å². The topological polar surface area (TPSA) is 68.9 Å². The minimum Gasteiger partial charge on any atom is -0.493 e. The highest BCUT2D eigenvalue weighted by atomic mass is 127. The molecule has 0 spiro atoms. The third-order valence-corrected chi connectivity index (χ3v) is 2.86. The van der Waals surface area contributed by atoms with Crippen molar-refractivity contribution in [3.8, 4) is 5.75 Å². The summed E-state index contributed by atoms with van der Waals surface area (Å²) in [5.41, 5.74) is 6.98. The van der Waals surface area contributed by atoms with Gasteiger partial charge in [0, 0.05) is 19.1 Å². The Kier molecular flexibility index (Phi) is 6.93. The van der Waals surface area contributed by atoms with Gasteiger partial charge in [0.25, 0.3) is 0 Å². The molecule has 0 aromatic heterocycles. The normalized spacial score (nSPS) is 17.9. The fourth-order valence-corrected chi connectivity index (χ4v) is 1.97. The highest BCUT2D eigenvalue weighted by Crippen LogP contribution is 2.31. The van der Waals surface area contributed by atoms with Gasteiger partial charge in [-0.3, -0.25) is 4.99 Å². The van der Waals surface area contributed by atoms with Crippen LogP contribution in [0.3, 0.4) is 0 Å². The minimum absolute atomic E-state index is 0. The van der Waals surface area contributed by atoms with E-state index in [-0.39, 0.29) is 30.0 Å². The quantitative estimate of drug-likeness (QED) is 0.363. The summed E-state index contributed by atoms with van der Waals surface area (Å²) in [6.45, 7) is 1.84. The van der Waals surface area contributed by atoms with Crippen LogP contribution in [0.15, 0.2) is 29.3 Å². The zero-order chi connectivity index (χ0) is 12.8. The number of ether oxygens (including phenoxy) is 2. The first kappa shape index (κ1) is 16.0. The van der Waals surface area contributed by atoms with Gasteiger partial charge < -0.3 is 20.5 Å². The number of hydrogen-bond donors (Lipinski definition) is 2. The Morgan fingerprint density at radius 1 is 1.53 bits per heavy atom. The Balaban J connectivity index is 0.00000180. The first-order chi connectivity index (χ1) is 8.81. The van der Waals surface area contributed by atoms with Crippen molar-refractivity contribution in [2.75, 3.05) is 26.9 Å². The predicted molar refractivity (Wildman–Crippen MR) is 86.2 cm³/mol. The Morgan fingerprint density at radius 2 is 2.32 bits per heavy atom. The van der Waals surface area contributed by atoms with E-state index in [0.29, 0.717) is 25.7 Å². The van der Waals surface area contributed by atoms with Crippen molar-refractivity contribution in [1.82, 2.24) is 5.32 Å². The zero-order valence-corrected chi connectivity index (χ0v) is 13.3. The number of hydrogen-bond acceptors (Lipinski definition) is 3. The van der Waals surface area contributed by atoms with Crippen LogP contribution in [0.5, 0.6) is 5.75 Å². The lowest BCUT2D eigenvalue weighted by Crippen LogP contribution is -2.37. The van der Waals surface area contributed by atoms with Gasteiger partial charge in [-0.1, -0.05) is 18.2 Å². The molecule has 0 aliphatic carbocycles. The SMILES string of the molecule is COCCN=C(N)NC1CCOc2ccccc21.I. The summed E-state index contributed by atoms with van der Waals surface area (Å²) < 4.78 is 10.5. The molecular formula is C13H20IN3O2. The molecule has 1 aromatic rings. The van der Waals surface area contributed by atoms with Crippen molar-refractivity contribution in [1.29, 1.82) is 0 Å². The monoisotopic (exact) mass is 377 g/mol. The highest BCUT2D eigenvalue weighted by molar-refractivity contribution is 14.0. The van der Waals surface area contributed by atoms with Gasteiger partial charge in [0.1, 0.15) is 5.75 Å². The van der Waals surface area contributed by atoms with Crippen molar-refractivity contribution in [3.05, 3.63) is 29.8 Å². The smallest absolute Gasteiger partial charge is 0.189 e. The Morgan fingerprint density at radius 3 is 3.11 bits per heavy atom. The molecule has 19 heavy (non-hydrogen) atoms. The molecule has 0 saturated carbocycles. The van der Waals surface area contributed by atoms with E-state index in [1.807, 2.05) is 18.2 Å². The van der Waals surface area contributed by atoms with Gasteiger partial charge in [0.15, 0.2) is 5.96 Å². The lowest BCUT2D eigenvalue weighted by atomic mass is 10.0. The summed E-state index contributed by atoms with van der Waals surface area (Å²) in [4.78, 5) is 4.20. The number of benzene rings is 1. The number of nitrogens with two attached hydrogens (primary N) is 1. The molecule has 0 fully saturated rings. The number of methoxy groups -OCH3 is 1. The van der Waals surface area contributed by atoms with E-state index in [1.54, 1.807) is 7.11 Å². The third-order valence-electron chi connectivity index (χ3n) is 2.86. The second-order valence-electron chi connectivity index (χ2n) is 4.13. The maximum atomic E-state index is 5.84. The van der Waals surface area contributed by atoms with Crippen molar-refractivity contribution in [3.63, 3.8) is 0 Å². The van der Waals surface area contributed by atoms with E-state index in [2.05, 4.69) is 16.4 Å². The lowest BCUT2D eigenvalue weighted by Gasteiger charge is -2.26. The summed E-state index contributed by atoms with van der Waals surface area (Å²) in [5.74, 6) is 1.37. The van der Waals surface area contributed by atoms with Gasteiger partial charge in [-0.05, 0) is 6.07 Å². The number of nitrogens with one attached hydrogen (secondary N) is 1. The minimum atomic E-state index is 0. The van der Waals surface area contributed by atoms with Crippen LogP contribution < -0.4 is 15.8 Å². The standard InChI is InChI=1S/C13H19N3O2.HI/c1-17-9-7-15-13(14)16-11-6-8-18-12-5-3-2-4-10(11)12;/h2-5,11H,6-9H2,1H3,(H3,14,15,16);1H. The molecule has 0 saturated heterocycles. The number of para-hydroxylation sites is 1. The number of halogens is 1. The summed E-state index contributed by atoms with van der Waals surface area (Å²) in [6, 6.07) is 8.16. The van der Waals surface area contributed by atoms with E-state index >= 15 is 0 Å². The molecule has 0 amide bonds. The predicted octanol–water partition coefficient (Wildman–Crippen LogP) is 1.68. The molecule has 1 heterocycles. The fraction of sp³-hybridized carbons (Fsp3) is 0.462. The lowest BCUT2D eigenvalue weighted by molar-refractivity contribution is 0.208. The maximum absolute atomic E-state index is 5.84. The van der Waals surface area contributed by atoms with Gasteiger partial charge in [-0.15, -0.1) is 24.0 Å². The van der Waals surface area contributed by atoms with Crippen LogP contribution >= 0.6 is 24.0 Å². The summed E-state index contributed by atoms with van der Waals surface area (Å²) in [7, 11) is 1.65. The second kappa shape index (κ2) is 8.21. The van der Waals surface area contributed by atoms with Crippen molar-refractivity contribution < 1.29 is 9.47 Å². The molecule has 1 atom stereocenters. The molecule has 1 unspecified atom stereocenters. The number of guanidine groups is 1. The Bertz CT molecular complexity index is 426. The molecule has 6 heteroatoms. The van der Waals surface area contributed by atoms with Crippen LogP contribution in [-0.2, 0) is 4.74 Å². The third kappa shape index (κ3) is 4.54. The number of fused-ring (bicyclic) bond motifs is 1. The van der Waals surface area contributed by atoms with E-state index in [0.717, 1.165) is 17.7 Å². The van der Waals surface area contributed by atoms with Gasteiger partial charge >= 0.3 is 0 Å². The van der Waals surface area contributed by atoms with Gasteiger partial charge in [0.2, 0.25) is 0 Å². The molecular weight excluding hydrogens is 357 g/mol. The molecule has 3 N–H and O–H groups in total. The average Bonchev–Trinajstić information content (AvgIpc) is 2.39. The molecule has 1 aliphatic rings. The summed E-state index contributed by atoms with van der Waals surface area (Å²) in [5, 5.41) is 3.23. The van der Waals surface area contributed by atoms with Gasteiger partial charge in [0.05, 0.1) is 25.8 Å². The fourth-order valence-electron chi connectivity index (χ4n) is 1.97. The van der Waals surface area contributed by atoms with Gasteiger partial charge in [-0.25, -0.2) is 0 Å². The first-order valence-electron chi connectivity index (χ1n) is 6.08. The van der Waals surface area contributed by atoms with Gasteiger partial charge in [-0.2, -0.15) is 0 Å². The second-order valence-corrected chi connectivity index (χ2v) is 4.13. The number of rotatable bonds is 4. The molecule has 106 valence electrons. The van der Waals surface area contributed by atoms with Crippen LogP contribution in [0.1, 0.15) is 18.0 Å². The van der Waals surface area contributed by atoms with Crippen molar-refractivity contribution in [2.45, 2.75) is 12.5 Å². The zero-order valence-electron chi connectivity index (χ0n) is 11.0. The van der Waals surface area contributed by atoms with Crippen LogP contribution in [0.25, 0.3) is 0 Å². The molecule has 1 aromatic carbocycles. The van der Waals surface area contributed by atoms with E-state index in [9.17, 15) is 0 Å². The molecule has 2 rings (SSSR count). The number of aliphatic imine (C=N–C) groups is 1. The van der Waals surface area contributed by atoms with Crippen molar-refractivity contribution >= 4 is 29.9 Å². The molecule has 1 aliphatic heterocycles. The van der Waals surface area contributed by atoms with Crippen LogP contribution in [-0.4, -0.2) is 32.8 Å². The van der Waals surface area contributed by atoms with Crippen molar-refractivity contribution in [2.24, 2.45) is 10.7 Å². The molecule has 0 radical (unpaired) electrons. The molecule has 5 nitrogen and oxygen atoms in total.